The highest BCUT2D eigenvalue weighted by Gasteiger charge is 2.19. The van der Waals surface area contributed by atoms with E-state index in [9.17, 15) is 14.4 Å². The van der Waals surface area contributed by atoms with Crippen molar-refractivity contribution in [2.24, 2.45) is 0 Å². The summed E-state index contributed by atoms with van der Waals surface area (Å²) in [6, 6.07) is 0. The Kier molecular flexibility index (Phi) is 65.6. The molecule has 0 heterocycles. The summed E-state index contributed by atoms with van der Waals surface area (Å²) in [4.78, 5) is 38.3. The minimum absolute atomic E-state index is 0.0668. The van der Waals surface area contributed by atoms with Crippen molar-refractivity contribution in [3.05, 3.63) is 24.3 Å². The van der Waals surface area contributed by atoms with Gasteiger partial charge < -0.3 is 14.2 Å². The Morgan fingerprint density at radius 3 is 0.731 bits per heavy atom. The van der Waals surface area contributed by atoms with E-state index in [1.54, 1.807) is 0 Å². The number of rotatable bonds is 66. The van der Waals surface area contributed by atoms with Crippen LogP contribution in [0.2, 0.25) is 0 Å². The molecule has 0 rings (SSSR count). The van der Waals surface area contributed by atoms with Crippen LogP contribution in [0.25, 0.3) is 0 Å². The first-order valence-electron chi connectivity index (χ1n) is 35.3. The molecule has 0 N–H and O–H groups in total. The van der Waals surface area contributed by atoms with Gasteiger partial charge in [0.1, 0.15) is 13.2 Å². The Balaban J connectivity index is 4.11. The van der Waals surface area contributed by atoms with Crippen LogP contribution >= 0.6 is 0 Å². The van der Waals surface area contributed by atoms with Gasteiger partial charge in [-0.2, -0.15) is 0 Å². The van der Waals surface area contributed by atoms with Crippen molar-refractivity contribution in [2.45, 2.75) is 406 Å². The Morgan fingerprint density at radius 2 is 0.462 bits per heavy atom. The third kappa shape index (κ3) is 64.7. The molecule has 0 saturated carbocycles. The molecule has 0 bridgehead atoms. The fraction of sp³-hybridized carbons (Fsp3) is 0.903. The molecule has 0 saturated heterocycles. The predicted molar refractivity (Wildman–Crippen MR) is 340 cm³/mol. The van der Waals surface area contributed by atoms with Crippen LogP contribution in [0.15, 0.2) is 24.3 Å². The van der Waals surface area contributed by atoms with Gasteiger partial charge in [-0.1, -0.05) is 353 Å². The molecular formula is C72H136O6. The van der Waals surface area contributed by atoms with E-state index < -0.39 is 6.10 Å². The summed E-state index contributed by atoms with van der Waals surface area (Å²) in [5.74, 6) is -0.842. The maximum Gasteiger partial charge on any atom is 0.306 e. The molecule has 0 aromatic heterocycles. The van der Waals surface area contributed by atoms with Crippen molar-refractivity contribution >= 4 is 17.9 Å². The smallest absolute Gasteiger partial charge is 0.306 e. The van der Waals surface area contributed by atoms with Crippen LogP contribution in [0.4, 0.5) is 0 Å². The lowest BCUT2D eigenvalue weighted by Gasteiger charge is -2.18. The van der Waals surface area contributed by atoms with Crippen LogP contribution in [0.3, 0.4) is 0 Å². The molecule has 1 unspecified atom stereocenters. The number of ether oxygens (including phenoxy) is 3. The molecule has 0 amide bonds. The first-order valence-corrected chi connectivity index (χ1v) is 35.3. The highest BCUT2D eigenvalue weighted by Crippen LogP contribution is 2.19. The topological polar surface area (TPSA) is 78.9 Å². The van der Waals surface area contributed by atoms with Gasteiger partial charge in [0.25, 0.3) is 0 Å². The van der Waals surface area contributed by atoms with E-state index in [1.807, 2.05) is 0 Å². The van der Waals surface area contributed by atoms with E-state index in [0.717, 1.165) is 64.2 Å². The molecule has 460 valence electrons. The number of hydrogen-bond acceptors (Lipinski definition) is 6. The molecule has 0 radical (unpaired) electrons. The number of hydrogen-bond donors (Lipinski definition) is 0. The van der Waals surface area contributed by atoms with Crippen molar-refractivity contribution < 1.29 is 28.6 Å². The lowest BCUT2D eigenvalue weighted by atomic mass is 10.0. The molecule has 0 fully saturated rings. The normalized spacial score (nSPS) is 12.1. The molecule has 0 aliphatic carbocycles. The Labute approximate surface area is 487 Å². The van der Waals surface area contributed by atoms with Crippen molar-refractivity contribution in [1.29, 1.82) is 0 Å². The minimum Gasteiger partial charge on any atom is -0.462 e. The van der Waals surface area contributed by atoms with Crippen molar-refractivity contribution in [1.82, 2.24) is 0 Å². The van der Waals surface area contributed by atoms with Crippen LogP contribution in [-0.2, 0) is 28.6 Å². The quantitative estimate of drug-likeness (QED) is 0.0261. The number of allylic oxidation sites excluding steroid dienone is 4. The fourth-order valence-electron chi connectivity index (χ4n) is 10.9. The van der Waals surface area contributed by atoms with Gasteiger partial charge in [0, 0.05) is 19.3 Å². The van der Waals surface area contributed by atoms with E-state index in [1.165, 1.54) is 295 Å². The molecule has 6 heteroatoms. The summed E-state index contributed by atoms with van der Waals surface area (Å²) in [5, 5.41) is 0. The molecule has 0 spiro atoms. The maximum absolute atomic E-state index is 12.9. The lowest BCUT2D eigenvalue weighted by molar-refractivity contribution is -0.167. The summed E-state index contributed by atoms with van der Waals surface area (Å²) >= 11 is 0. The highest BCUT2D eigenvalue weighted by molar-refractivity contribution is 5.71. The zero-order chi connectivity index (χ0) is 56.4. The molecule has 0 aromatic carbocycles. The van der Waals surface area contributed by atoms with Crippen LogP contribution in [0, 0.1) is 0 Å². The van der Waals surface area contributed by atoms with Crippen molar-refractivity contribution in [2.75, 3.05) is 13.2 Å². The van der Waals surface area contributed by atoms with Gasteiger partial charge in [0.15, 0.2) is 6.10 Å². The van der Waals surface area contributed by atoms with E-state index in [2.05, 4.69) is 45.1 Å². The Morgan fingerprint density at radius 1 is 0.256 bits per heavy atom. The summed E-state index contributed by atoms with van der Waals surface area (Å²) in [6.45, 7) is 6.68. The van der Waals surface area contributed by atoms with Gasteiger partial charge >= 0.3 is 17.9 Å². The van der Waals surface area contributed by atoms with E-state index >= 15 is 0 Å². The summed E-state index contributed by atoms with van der Waals surface area (Å²) in [6.07, 6.45) is 82.2. The van der Waals surface area contributed by atoms with Crippen LogP contribution in [-0.4, -0.2) is 37.2 Å². The van der Waals surface area contributed by atoms with Gasteiger partial charge in [-0.25, -0.2) is 0 Å². The second-order valence-corrected chi connectivity index (χ2v) is 24.2. The average molecular weight is 1100 g/mol. The van der Waals surface area contributed by atoms with Gasteiger partial charge in [0.05, 0.1) is 0 Å². The molecule has 1 atom stereocenters. The van der Waals surface area contributed by atoms with Crippen molar-refractivity contribution in [3.8, 4) is 0 Å². The zero-order valence-electron chi connectivity index (χ0n) is 53.0. The third-order valence-corrected chi connectivity index (χ3v) is 16.2. The van der Waals surface area contributed by atoms with Gasteiger partial charge in [-0.3, -0.25) is 14.4 Å². The SMILES string of the molecule is CCCCC/C=C\C/C=C\CCCCCCCCCCCC(=O)OC(COC(=O)CCCCCCCCCCCCC)COC(=O)CCCCCCCCCCCCCCCCCCCCCCCCCCCCCCCC. The number of esters is 3. The number of carbonyl (C=O) groups excluding carboxylic acids is 3. The number of carbonyl (C=O) groups is 3. The molecule has 0 aromatic rings. The Hall–Kier alpha value is -2.11. The monoisotopic (exact) mass is 1100 g/mol. The first kappa shape index (κ1) is 75.9. The molecule has 6 nitrogen and oxygen atoms in total. The van der Waals surface area contributed by atoms with E-state index in [-0.39, 0.29) is 31.1 Å². The fourth-order valence-corrected chi connectivity index (χ4v) is 10.9. The second-order valence-electron chi connectivity index (χ2n) is 24.2. The first-order chi connectivity index (χ1) is 38.5. The van der Waals surface area contributed by atoms with Gasteiger partial charge in [0.2, 0.25) is 0 Å². The van der Waals surface area contributed by atoms with Crippen LogP contribution in [0.5, 0.6) is 0 Å². The van der Waals surface area contributed by atoms with E-state index in [4.69, 9.17) is 14.2 Å². The average Bonchev–Trinajstić information content (AvgIpc) is 3.44. The van der Waals surface area contributed by atoms with Gasteiger partial charge in [-0.15, -0.1) is 0 Å². The zero-order valence-corrected chi connectivity index (χ0v) is 53.0. The minimum atomic E-state index is -0.770. The lowest BCUT2D eigenvalue weighted by Crippen LogP contribution is -2.30. The Bertz CT molecular complexity index is 1260. The largest absolute Gasteiger partial charge is 0.462 e. The highest BCUT2D eigenvalue weighted by atomic mass is 16.6. The molecule has 78 heavy (non-hydrogen) atoms. The maximum atomic E-state index is 12.9. The summed E-state index contributed by atoms with van der Waals surface area (Å²) in [7, 11) is 0. The van der Waals surface area contributed by atoms with Crippen molar-refractivity contribution in [3.63, 3.8) is 0 Å². The van der Waals surface area contributed by atoms with E-state index in [0.29, 0.717) is 19.3 Å². The second kappa shape index (κ2) is 67.4. The number of unbranched alkanes of at least 4 members (excludes halogenated alkanes) is 51. The molecule has 0 aliphatic heterocycles. The third-order valence-electron chi connectivity index (χ3n) is 16.2. The summed E-state index contributed by atoms with van der Waals surface area (Å²) < 4.78 is 17.0. The van der Waals surface area contributed by atoms with Gasteiger partial charge in [-0.05, 0) is 51.4 Å². The predicted octanol–water partition coefficient (Wildman–Crippen LogP) is 24.2. The molecule has 0 aliphatic rings. The van der Waals surface area contributed by atoms with Crippen LogP contribution in [0.1, 0.15) is 400 Å². The summed E-state index contributed by atoms with van der Waals surface area (Å²) in [5.41, 5.74) is 0. The molecular weight excluding hydrogens is 961 g/mol. The van der Waals surface area contributed by atoms with Crippen LogP contribution < -0.4 is 0 Å². The standard InChI is InChI=1S/C72H136O6/c1-4-7-10-13-16-19-22-24-26-28-30-31-32-33-34-35-36-37-38-39-40-42-43-45-47-50-53-56-59-62-65-71(74)77-68-69(67-76-70(73)64-61-58-55-52-49-21-18-15-12-9-6-3)78-72(75)66-63-60-57-54-51-48-46-44-41-29-27-25-23-20-17-14-11-8-5-2/h17,20,25,27,69H,4-16,18-19,21-24,26,28-68H2,1-3H3/b20-17-,27-25-.